The molecule has 0 spiro atoms. The molecule has 2 atom stereocenters. The first-order valence-corrected chi connectivity index (χ1v) is 10.4. The van der Waals surface area contributed by atoms with E-state index in [0.717, 1.165) is 68.8 Å². The van der Waals surface area contributed by atoms with Crippen molar-refractivity contribution in [2.24, 2.45) is 4.99 Å². The molecule has 2 N–H and O–H groups in total. The van der Waals surface area contributed by atoms with Gasteiger partial charge in [-0.25, -0.2) is 0 Å². The zero-order valence-corrected chi connectivity index (χ0v) is 20.1. The van der Waals surface area contributed by atoms with E-state index >= 15 is 0 Å². The van der Waals surface area contributed by atoms with Gasteiger partial charge in [0.15, 0.2) is 5.96 Å². The summed E-state index contributed by atoms with van der Waals surface area (Å²) >= 11 is 0. The average Bonchev–Trinajstić information content (AvgIpc) is 3.40. The van der Waals surface area contributed by atoms with Crippen LogP contribution in [0.15, 0.2) is 23.2 Å². The number of hydrogen-bond acceptors (Lipinski definition) is 5. The first-order chi connectivity index (χ1) is 13.7. The summed E-state index contributed by atoms with van der Waals surface area (Å²) < 4.78 is 16.5. The number of rotatable bonds is 8. The van der Waals surface area contributed by atoms with Crippen molar-refractivity contribution in [2.45, 2.75) is 44.8 Å². The summed E-state index contributed by atoms with van der Waals surface area (Å²) in [6.45, 7) is 6.56. The maximum Gasteiger partial charge on any atom is 0.191 e. The molecule has 7 nitrogen and oxygen atoms in total. The fourth-order valence-corrected chi connectivity index (χ4v) is 3.79. The van der Waals surface area contributed by atoms with Gasteiger partial charge in [0.25, 0.3) is 0 Å². The summed E-state index contributed by atoms with van der Waals surface area (Å²) in [5, 5.41) is 6.96. The molecule has 2 unspecified atom stereocenters. The normalized spacial score (nSPS) is 21.6. The number of hydrogen-bond donors (Lipinski definition) is 2. The van der Waals surface area contributed by atoms with E-state index in [1.54, 1.807) is 14.2 Å². The van der Waals surface area contributed by atoms with Gasteiger partial charge >= 0.3 is 0 Å². The third-order valence-corrected chi connectivity index (χ3v) is 5.32. The van der Waals surface area contributed by atoms with E-state index < -0.39 is 0 Å². The summed E-state index contributed by atoms with van der Waals surface area (Å²) in [6.07, 6.45) is 4.80. The Morgan fingerprint density at radius 1 is 1.21 bits per heavy atom. The Hall–Kier alpha value is -1.42. The van der Waals surface area contributed by atoms with Crippen LogP contribution in [0, 0.1) is 0 Å². The molecule has 8 heteroatoms. The summed E-state index contributed by atoms with van der Waals surface area (Å²) in [6, 6.07) is 6.38. The number of guanidine groups is 1. The standard InChI is InChI=1S/C21H34N4O3.HI/c1-4-22-21(23-9-7-18-6-5-11-28-18)24-16-8-10-25(15-16)17-12-19(26-2)14-20(13-17)27-3;/h12-14,16,18H,4-11,15H2,1-3H3,(H2,22,23,24);1H. The molecule has 2 aliphatic heterocycles. The third-order valence-electron chi connectivity index (χ3n) is 5.32. The Kier molecular flexibility index (Phi) is 10.1. The van der Waals surface area contributed by atoms with Crippen LogP contribution < -0.4 is 25.0 Å². The second kappa shape index (κ2) is 12.3. The number of ether oxygens (including phenoxy) is 3. The molecule has 2 heterocycles. The van der Waals surface area contributed by atoms with Gasteiger partial charge in [0.05, 0.1) is 20.3 Å². The summed E-state index contributed by atoms with van der Waals surface area (Å²) in [5.41, 5.74) is 1.13. The van der Waals surface area contributed by atoms with Crippen LogP contribution in [-0.4, -0.2) is 65.1 Å². The summed E-state index contributed by atoms with van der Waals surface area (Å²) in [5.74, 6) is 2.53. The van der Waals surface area contributed by atoms with Gasteiger partial charge in [0.2, 0.25) is 0 Å². The fourth-order valence-electron chi connectivity index (χ4n) is 3.79. The van der Waals surface area contributed by atoms with Gasteiger partial charge in [-0.15, -0.1) is 24.0 Å². The van der Waals surface area contributed by atoms with E-state index in [9.17, 15) is 0 Å². The van der Waals surface area contributed by atoms with E-state index in [0.29, 0.717) is 12.1 Å². The molecule has 2 aliphatic rings. The molecule has 2 fully saturated rings. The second-order valence-corrected chi connectivity index (χ2v) is 7.33. The highest BCUT2D eigenvalue weighted by Crippen LogP contribution is 2.30. The number of nitrogens with one attached hydrogen (secondary N) is 2. The lowest BCUT2D eigenvalue weighted by Crippen LogP contribution is -2.44. The molecule has 3 rings (SSSR count). The highest BCUT2D eigenvalue weighted by molar-refractivity contribution is 14.0. The molecule has 0 aliphatic carbocycles. The molecule has 0 aromatic heterocycles. The predicted octanol–water partition coefficient (Wildman–Crippen LogP) is 3.02. The van der Waals surface area contributed by atoms with Crippen molar-refractivity contribution in [3.63, 3.8) is 0 Å². The van der Waals surface area contributed by atoms with E-state index in [1.165, 1.54) is 12.8 Å². The van der Waals surface area contributed by atoms with Crippen molar-refractivity contribution >= 4 is 35.6 Å². The van der Waals surface area contributed by atoms with Crippen molar-refractivity contribution < 1.29 is 14.2 Å². The first kappa shape index (κ1) is 23.9. The van der Waals surface area contributed by atoms with Crippen LogP contribution in [0.3, 0.4) is 0 Å². The molecule has 1 aromatic rings. The van der Waals surface area contributed by atoms with Crippen LogP contribution in [0.2, 0.25) is 0 Å². The van der Waals surface area contributed by atoms with Crippen molar-refractivity contribution in [2.75, 3.05) is 51.9 Å². The van der Waals surface area contributed by atoms with Gasteiger partial charge in [-0.1, -0.05) is 0 Å². The van der Waals surface area contributed by atoms with Gasteiger partial charge in [0.1, 0.15) is 11.5 Å². The number of methoxy groups -OCH3 is 2. The van der Waals surface area contributed by atoms with Gasteiger partial charge in [-0.05, 0) is 32.6 Å². The maximum absolute atomic E-state index is 5.69. The molecule has 0 amide bonds. The first-order valence-electron chi connectivity index (χ1n) is 10.4. The average molecular weight is 518 g/mol. The molecule has 0 bridgehead atoms. The lowest BCUT2D eigenvalue weighted by atomic mass is 10.2. The Morgan fingerprint density at radius 2 is 1.97 bits per heavy atom. The minimum Gasteiger partial charge on any atom is -0.497 e. The predicted molar refractivity (Wildman–Crippen MR) is 128 cm³/mol. The highest BCUT2D eigenvalue weighted by Gasteiger charge is 2.24. The van der Waals surface area contributed by atoms with Crippen LogP contribution in [0.5, 0.6) is 11.5 Å². The molecule has 2 saturated heterocycles. The molecule has 164 valence electrons. The lowest BCUT2D eigenvalue weighted by Gasteiger charge is -2.21. The molecular weight excluding hydrogens is 483 g/mol. The van der Waals surface area contributed by atoms with Crippen molar-refractivity contribution in [1.29, 1.82) is 0 Å². The van der Waals surface area contributed by atoms with E-state index in [1.807, 2.05) is 6.07 Å². The van der Waals surface area contributed by atoms with Gasteiger partial charge in [-0.2, -0.15) is 0 Å². The molecular formula is C21H35IN4O3. The molecule has 1 aromatic carbocycles. The molecule has 0 saturated carbocycles. The van der Waals surface area contributed by atoms with Crippen LogP contribution in [0.1, 0.15) is 32.6 Å². The van der Waals surface area contributed by atoms with Gasteiger partial charge in [-0.3, -0.25) is 4.99 Å². The van der Waals surface area contributed by atoms with E-state index in [2.05, 4.69) is 34.6 Å². The Labute approximate surface area is 191 Å². The van der Waals surface area contributed by atoms with Crippen molar-refractivity contribution in [3.05, 3.63) is 18.2 Å². The second-order valence-electron chi connectivity index (χ2n) is 7.33. The summed E-state index contributed by atoms with van der Waals surface area (Å²) in [7, 11) is 3.37. The number of halogens is 1. The van der Waals surface area contributed by atoms with E-state index in [-0.39, 0.29) is 24.0 Å². The van der Waals surface area contributed by atoms with Crippen molar-refractivity contribution in [1.82, 2.24) is 10.6 Å². The topological polar surface area (TPSA) is 67.4 Å². The maximum atomic E-state index is 5.69. The number of aliphatic imine (C=N–C) groups is 1. The zero-order chi connectivity index (χ0) is 19.8. The van der Waals surface area contributed by atoms with Crippen LogP contribution >= 0.6 is 24.0 Å². The Morgan fingerprint density at radius 3 is 2.59 bits per heavy atom. The van der Waals surface area contributed by atoms with Gasteiger partial charge in [0, 0.05) is 62.7 Å². The fraction of sp³-hybridized carbons (Fsp3) is 0.667. The van der Waals surface area contributed by atoms with Crippen LogP contribution in [0.25, 0.3) is 0 Å². The number of anilines is 1. The smallest absolute Gasteiger partial charge is 0.191 e. The highest BCUT2D eigenvalue weighted by atomic mass is 127. The van der Waals surface area contributed by atoms with Gasteiger partial charge < -0.3 is 29.7 Å². The monoisotopic (exact) mass is 518 g/mol. The minimum atomic E-state index is 0. The van der Waals surface area contributed by atoms with Crippen LogP contribution in [0.4, 0.5) is 5.69 Å². The van der Waals surface area contributed by atoms with E-state index in [4.69, 9.17) is 19.2 Å². The number of nitrogens with zero attached hydrogens (tertiary/aromatic N) is 2. The molecule has 0 radical (unpaired) electrons. The zero-order valence-electron chi connectivity index (χ0n) is 17.8. The Balaban J connectivity index is 0.00000300. The SMILES string of the molecule is CCNC(=NCCC1CCCO1)NC1CCN(c2cc(OC)cc(OC)c2)C1.I. The van der Waals surface area contributed by atoms with Crippen LogP contribution in [-0.2, 0) is 4.74 Å². The van der Waals surface area contributed by atoms with Crippen molar-refractivity contribution in [3.8, 4) is 11.5 Å². The minimum absolute atomic E-state index is 0. The number of benzene rings is 1. The molecule has 29 heavy (non-hydrogen) atoms. The lowest BCUT2D eigenvalue weighted by molar-refractivity contribution is 0.106. The summed E-state index contributed by atoms with van der Waals surface area (Å²) in [4.78, 5) is 7.11. The quantitative estimate of drug-likeness (QED) is 0.314. The Bertz CT molecular complexity index is 631. The largest absolute Gasteiger partial charge is 0.497 e. The third kappa shape index (κ3) is 7.09.